The fourth-order valence-corrected chi connectivity index (χ4v) is 2.75. The number of amides is 1. The minimum atomic E-state index is -0.321. The monoisotopic (exact) mass is 391 g/mol. The highest BCUT2D eigenvalue weighted by atomic mass is 127. The number of fused-ring (bicyclic) bond motifs is 1. The third-order valence-corrected chi connectivity index (χ3v) is 3.87. The largest absolute Gasteiger partial charge is 0.355 e. The molecular formula is C13H15ClIN3O. The van der Waals surface area contributed by atoms with E-state index in [2.05, 4.69) is 32.9 Å². The quantitative estimate of drug-likeness (QED) is 0.643. The molecule has 1 aromatic heterocycles. The summed E-state index contributed by atoms with van der Waals surface area (Å²) < 4.78 is 3.02. The molecule has 4 nitrogen and oxygen atoms in total. The maximum Gasteiger partial charge on any atom is 0.242 e. The predicted octanol–water partition coefficient (Wildman–Crippen LogP) is 3.08. The molecule has 0 bridgehead atoms. The number of rotatable bonds is 4. The van der Waals surface area contributed by atoms with Gasteiger partial charge in [-0.2, -0.15) is 0 Å². The second kappa shape index (κ2) is 6.09. The van der Waals surface area contributed by atoms with E-state index in [-0.39, 0.29) is 17.8 Å². The van der Waals surface area contributed by atoms with Gasteiger partial charge in [-0.3, -0.25) is 4.79 Å². The molecule has 0 aliphatic rings. The predicted molar refractivity (Wildman–Crippen MR) is 85.4 cm³/mol. The molecule has 1 unspecified atom stereocenters. The number of alkyl halides is 1. The van der Waals surface area contributed by atoms with E-state index in [0.717, 1.165) is 20.4 Å². The molecule has 1 heterocycles. The van der Waals surface area contributed by atoms with Crippen LogP contribution >= 0.6 is 34.2 Å². The first kappa shape index (κ1) is 14.6. The second-order valence-electron chi connectivity index (χ2n) is 4.24. The molecule has 1 atom stereocenters. The molecule has 0 saturated heterocycles. The van der Waals surface area contributed by atoms with E-state index in [1.807, 2.05) is 36.6 Å². The molecular weight excluding hydrogens is 377 g/mol. The van der Waals surface area contributed by atoms with Crippen molar-refractivity contribution in [3.05, 3.63) is 27.6 Å². The fourth-order valence-electron chi connectivity index (χ4n) is 2.09. The van der Waals surface area contributed by atoms with Crippen molar-refractivity contribution in [1.29, 1.82) is 0 Å². The van der Waals surface area contributed by atoms with Crippen LogP contribution in [0.1, 0.15) is 25.7 Å². The average molecular weight is 392 g/mol. The van der Waals surface area contributed by atoms with Gasteiger partial charge in [0.25, 0.3) is 0 Å². The Morgan fingerprint density at radius 2 is 2.32 bits per heavy atom. The Morgan fingerprint density at radius 3 is 2.95 bits per heavy atom. The molecule has 1 aromatic carbocycles. The van der Waals surface area contributed by atoms with Gasteiger partial charge in [0.05, 0.1) is 16.9 Å². The fraction of sp³-hybridized carbons (Fsp3) is 0.385. The molecule has 2 rings (SSSR count). The number of imidazole rings is 1. The maximum absolute atomic E-state index is 12.0. The highest BCUT2D eigenvalue weighted by molar-refractivity contribution is 14.1. The lowest BCUT2D eigenvalue weighted by Gasteiger charge is -2.16. The van der Waals surface area contributed by atoms with Gasteiger partial charge in [0, 0.05) is 10.1 Å². The number of nitrogens with zero attached hydrogens (tertiary/aromatic N) is 2. The number of likely N-dealkylation sites (N-methyl/N-ethyl adjacent to an activating group) is 1. The van der Waals surface area contributed by atoms with Crippen LogP contribution in [0.15, 0.2) is 18.2 Å². The van der Waals surface area contributed by atoms with Crippen LogP contribution in [-0.4, -0.2) is 22.0 Å². The van der Waals surface area contributed by atoms with E-state index in [1.54, 1.807) is 0 Å². The third-order valence-electron chi connectivity index (χ3n) is 2.96. The average Bonchev–Trinajstić information content (AvgIpc) is 2.75. The van der Waals surface area contributed by atoms with Crippen LogP contribution in [0, 0.1) is 3.57 Å². The van der Waals surface area contributed by atoms with Crippen LogP contribution in [0.2, 0.25) is 0 Å². The summed E-state index contributed by atoms with van der Waals surface area (Å²) in [5.41, 5.74) is 1.81. The lowest BCUT2D eigenvalue weighted by Crippen LogP contribution is -2.31. The number of hydrogen-bond acceptors (Lipinski definition) is 2. The van der Waals surface area contributed by atoms with Gasteiger partial charge >= 0.3 is 0 Å². The molecule has 0 aliphatic heterocycles. The number of hydrogen-bond donors (Lipinski definition) is 1. The first-order valence-corrected chi connectivity index (χ1v) is 7.69. The third kappa shape index (κ3) is 2.86. The Labute approximate surface area is 130 Å². The van der Waals surface area contributed by atoms with Crippen molar-refractivity contribution in [2.45, 2.75) is 25.8 Å². The molecule has 2 aromatic rings. The standard InChI is InChI=1S/C13H15ClIN3O/c1-3-16-13(19)8(2)18-11-5-4-9(15)6-10(11)17-12(18)7-14/h4-6,8H,3,7H2,1-2H3,(H,16,19). The molecule has 6 heteroatoms. The summed E-state index contributed by atoms with van der Waals surface area (Å²) in [6.07, 6.45) is 0. The first-order chi connectivity index (χ1) is 9.08. The Morgan fingerprint density at radius 1 is 1.58 bits per heavy atom. The summed E-state index contributed by atoms with van der Waals surface area (Å²) in [5.74, 6) is 0.985. The summed E-state index contributed by atoms with van der Waals surface area (Å²) in [6, 6.07) is 5.66. The van der Waals surface area contributed by atoms with Crippen LogP contribution in [-0.2, 0) is 10.7 Å². The van der Waals surface area contributed by atoms with Crippen LogP contribution in [0.25, 0.3) is 11.0 Å². The first-order valence-electron chi connectivity index (χ1n) is 6.08. The molecule has 0 spiro atoms. The van der Waals surface area contributed by atoms with Crippen molar-refractivity contribution >= 4 is 51.1 Å². The van der Waals surface area contributed by atoms with Gasteiger partial charge in [0.1, 0.15) is 11.9 Å². The smallest absolute Gasteiger partial charge is 0.242 e. The van der Waals surface area contributed by atoms with Crippen molar-refractivity contribution in [2.24, 2.45) is 0 Å². The number of benzene rings is 1. The Bertz CT molecular complexity index is 611. The summed E-state index contributed by atoms with van der Waals surface area (Å²) in [6.45, 7) is 4.38. The van der Waals surface area contributed by atoms with Crippen molar-refractivity contribution in [3.8, 4) is 0 Å². The summed E-state index contributed by atoms with van der Waals surface area (Å²) in [4.78, 5) is 16.5. The highest BCUT2D eigenvalue weighted by Gasteiger charge is 2.20. The van der Waals surface area contributed by atoms with E-state index in [9.17, 15) is 4.79 Å². The second-order valence-corrected chi connectivity index (χ2v) is 5.75. The maximum atomic E-state index is 12.0. The Hall–Kier alpha value is -0.820. The topological polar surface area (TPSA) is 46.9 Å². The zero-order valence-corrected chi connectivity index (χ0v) is 13.7. The minimum absolute atomic E-state index is 0.0216. The van der Waals surface area contributed by atoms with Crippen molar-refractivity contribution < 1.29 is 4.79 Å². The molecule has 1 N–H and O–H groups in total. The number of carbonyl (C=O) groups is 1. The van der Waals surface area contributed by atoms with Crippen LogP contribution in [0.4, 0.5) is 0 Å². The minimum Gasteiger partial charge on any atom is -0.355 e. The summed E-state index contributed by atoms with van der Waals surface area (Å²) >= 11 is 8.20. The van der Waals surface area contributed by atoms with Crippen LogP contribution in [0.5, 0.6) is 0 Å². The van der Waals surface area contributed by atoms with E-state index in [0.29, 0.717) is 6.54 Å². The van der Waals surface area contributed by atoms with Gasteiger partial charge in [-0.1, -0.05) is 0 Å². The van der Waals surface area contributed by atoms with Crippen LogP contribution in [0.3, 0.4) is 0 Å². The number of carbonyl (C=O) groups excluding carboxylic acids is 1. The SMILES string of the molecule is CCNC(=O)C(C)n1c(CCl)nc2cc(I)ccc21. The zero-order valence-electron chi connectivity index (χ0n) is 10.8. The zero-order chi connectivity index (χ0) is 14.0. The summed E-state index contributed by atoms with van der Waals surface area (Å²) in [7, 11) is 0. The molecule has 0 aliphatic carbocycles. The summed E-state index contributed by atoms with van der Waals surface area (Å²) in [5, 5.41) is 2.83. The molecule has 102 valence electrons. The number of aromatic nitrogens is 2. The van der Waals surface area contributed by atoms with Gasteiger partial charge in [-0.25, -0.2) is 4.98 Å². The van der Waals surface area contributed by atoms with E-state index < -0.39 is 0 Å². The van der Waals surface area contributed by atoms with E-state index >= 15 is 0 Å². The van der Waals surface area contributed by atoms with Gasteiger partial charge in [-0.05, 0) is 54.6 Å². The molecule has 1 amide bonds. The number of halogens is 2. The lowest BCUT2D eigenvalue weighted by atomic mass is 10.2. The van der Waals surface area contributed by atoms with E-state index in [4.69, 9.17) is 11.6 Å². The molecule has 0 radical (unpaired) electrons. The molecule has 19 heavy (non-hydrogen) atoms. The Kier molecular flexibility index (Phi) is 4.67. The lowest BCUT2D eigenvalue weighted by molar-refractivity contribution is -0.123. The van der Waals surface area contributed by atoms with Gasteiger partial charge in [0.15, 0.2) is 0 Å². The van der Waals surface area contributed by atoms with Gasteiger partial charge in [0.2, 0.25) is 5.91 Å². The van der Waals surface area contributed by atoms with Crippen molar-refractivity contribution in [3.63, 3.8) is 0 Å². The number of nitrogens with one attached hydrogen (secondary N) is 1. The molecule has 0 fully saturated rings. The Balaban J connectivity index is 2.54. The van der Waals surface area contributed by atoms with Crippen LogP contribution < -0.4 is 5.32 Å². The van der Waals surface area contributed by atoms with Crippen molar-refractivity contribution in [2.75, 3.05) is 6.54 Å². The molecule has 0 saturated carbocycles. The normalized spacial score (nSPS) is 12.6. The van der Waals surface area contributed by atoms with E-state index in [1.165, 1.54) is 0 Å². The van der Waals surface area contributed by atoms with Crippen molar-refractivity contribution in [1.82, 2.24) is 14.9 Å². The van der Waals surface area contributed by atoms with Gasteiger partial charge < -0.3 is 9.88 Å². The highest BCUT2D eigenvalue weighted by Crippen LogP contribution is 2.24. The van der Waals surface area contributed by atoms with Gasteiger partial charge in [-0.15, -0.1) is 11.6 Å².